The third-order valence-electron chi connectivity index (χ3n) is 2.57. The SMILES string of the molecule is CCCNCc1cncc(Oc2cc(Br)cc(F)c2F)n1. The second-order valence-electron chi connectivity index (χ2n) is 4.33. The van der Waals surface area contributed by atoms with Crippen molar-refractivity contribution in [3.63, 3.8) is 0 Å². The lowest BCUT2D eigenvalue weighted by Crippen LogP contribution is -2.15. The first-order chi connectivity index (χ1) is 10.1. The van der Waals surface area contributed by atoms with E-state index in [0.29, 0.717) is 16.7 Å². The molecular formula is C14H14BrF2N3O. The molecule has 1 aromatic heterocycles. The fourth-order valence-electron chi connectivity index (χ4n) is 1.63. The Balaban J connectivity index is 2.14. The van der Waals surface area contributed by atoms with Crippen molar-refractivity contribution in [2.24, 2.45) is 0 Å². The molecule has 1 heterocycles. The maximum absolute atomic E-state index is 13.6. The molecule has 4 nitrogen and oxygen atoms in total. The Bertz CT molecular complexity index is 625. The highest BCUT2D eigenvalue weighted by Crippen LogP contribution is 2.28. The number of nitrogens with zero attached hydrogens (tertiary/aromatic N) is 2. The van der Waals surface area contributed by atoms with Gasteiger partial charge < -0.3 is 10.1 Å². The van der Waals surface area contributed by atoms with E-state index >= 15 is 0 Å². The van der Waals surface area contributed by atoms with Crippen LogP contribution in [0, 0.1) is 11.6 Å². The van der Waals surface area contributed by atoms with Crippen LogP contribution < -0.4 is 10.1 Å². The zero-order valence-corrected chi connectivity index (χ0v) is 13.0. The Morgan fingerprint density at radius 2 is 2.10 bits per heavy atom. The molecule has 0 aliphatic heterocycles. The fourth-order valence-corrected chi connectivity index (χ4v) is 2.04. The predicted molar refractivity (Wildman–Crippen MR) is 78.2 cm³/mol. The minimum atomic E-state index is -1.06. The van der Waals surface area contributed by atoms with Crippen LogP contribution in [0.2, 0.25) is 0 Å². The van der Waals surface area contributed by atoms with Crippen LogP contribution >= 0.6 is 15.9 Å². The molecule has 112 valence electrons. The third-order valence-corrected chi connectivity index (χ3v) is 3.03. The summed E-state index contributed by atoms with van der Waals surface area (Å²) in [6.45, 7) is 3.45. The molecule has 2 aromatic rings. The summed E-state index contributed by atoms with van der Waals surface area (Å²) in [5, 5.41) is 3.17. The molecule has 0 saturated carbocycles. The standard InChI is InChI=1S/C14H14BrF2N3O/c1-2-3-18-6-10-7-19-8-13(20-10)21-12-5-9(15)4-11(16)14(12)17/h4-5,7-8,18H,2-3,6H2,1H3. The summed E-state index contributed by atoms with van der Waals surface area (Å²) in [5.41, 5.74) is 0.664. The molecule has 0 radical (unpaired) electrons. The third kappa shape index (κ3) is 4.44. The average Bonchev–Trinajstić information content (AvgIpc) is 2.45. The summed E-state index contributed by atoms with van der Waals surface area (Å²) in [5.74, 6) is -2.18. The van der Waals surface area contributed by atoms with Gasteiger partial charge >= 0.3 is 0 Å². The summed E-state index contributed by atoms with van der Waals surface area (Å²) in [6, 6.07) is 2.36. The zero-order valence-electron chi connectivity index (χ0n) is 11.4. The van der Waals surface area contributed by atoms with Crippen LogP contribution in [-0.2, 0) is 6.54 Å². The van der Waals surface area contributed by atoms with E-state index in [0.717, 1.165) is 19.0 Å². The maximum Gasteiger partial charge on any atom is 0.238 e. The predicted octanol–water partition coefficient (Wildman–Crippen LogP) is 3.81. The van der Waals surface area contributed by atoms with Crippen LogP contribution in [0.5, 0.6) is 11.6 Å². The van der Waals surface area contributed by atoms with E-state index in [1.807, 2.05) is 0 Å². The fraction of sp³-hybridized carbons (Fsp3) is 0.286. The first-order valence-corrected chi connectivity index (χ1v) is 7.23. The van der Waals surface area contributed by atoms with Crippen molar-refractivity contribution in [2.75, 3.05) is 6.54 Å². The Labute approximate surface area is 129 Å². The van der Waals surface area contributed by atoms with Gasteiger partial charge in [0.15, 0.2) is 11.6 Å². The van der Waals surface area contributed by atoms with E-state index in [2.05, 4.69) is 38.1 Å². The van der Waals surface area contributed by atoms with Crippen LogP contribution in [-0.4, -0.2) is 16.5 Å². The minimum absolute atomic E-state index is 0.113. The van der Waals surface area contributed by atoms with Crippen molar-refractivity contribution >= 4 is 15.9 Å². The molecule has 21 heavy (non-hydrogen) atoms. The van der Waals surface area contributed by atoms with E-state index in [4.69, 9.17) is 4.74 Å². The van der Waals surface area contributed by atoms with Gasteiger partial charge in [-0.2, -0.15) is 4.39 Å². The maximum atomic E-state index is 13.6. The van der Waals surface area contributed by atoms with Gasteiger partial charge in [0.25, 0.3) is 0 Å². The molecular weight excluding hydrogens is 344 g/mol. The second-order valence-corrected chi connectivity index (χ2v) is 5.24. The molecule has 0 bridgehead atoms. The molecule has 1 N–H and O–H groups in total. The van der Waals surface area contributed by atoms with E-state index in [9.17, 15) is 8.78 Å². The van der Waals surface area contributed by atoms with Crippen LogP contribution in [0.15, 0.2) is 29.0 Å². The number of hydrogen-bond acceptors (Lipinski definition) is 4. The number of rotatable bonds is 6. The van der Waals surface area contributed by atoms with Gasteiger partial charge in [0.1, 0.15) is 0 Å². The van der Waals surface area contributed by atoms with Crippen molar-refractivity contribution < 1.29 is 13.5 Å². The van der Waals surface area contributed by atoms with Crippen LogP contribution in [0.4, 0.5) is 8.78 Å². The largest absolute Gasteiger partial charge is 0.434 e. The second kappa shape index (κ2) is 7.42. The number of ether oxygens (including phenoxy) is 1. The lowest BCUT2D eigenvalue weighted by atomic mass is 10.3. The molecule has 1 aromatic carbocycles. The summed E-state index contributed by atoms with van der Waals surface area (Å²) in [6.07, 6.45) is 3.95. The quantitative estimate of drug-likeness (QED) is 0.630. The monoisotopic (exact) mass is 357 g/mol. The van der Waals surface area contributed by atoms with Gasteiger partial charge in [0.05, 0.1) is 11.9 Å². The molecule has 0 atom stereocenters. The first-order valence-electron chi connectivity index (χ1n) is 6.44. The zero-order chi connectivity index (χ0) is 15.2. The molecule has 0 aliphatic rings. The van der Waals surface area contributed by atoms with Crippen molar-refractivity contribution in [3.8, 4) is 11.6 Å². The highest BCUT2D eigenvalue weighted by molar-refractivity contribution is 9.10. The smallest absolute Gasteiger partial charge is 0.238 e. The number of aromatic nitrogens is 2. The van der Waals surface area contributed by atoms with E-state index in [1.165, 1.54) is 12.3 Å². The summed E-state index contributed by atoms with van der Waals surface area (Å²) in [4.78, 5) is 8.17. The van der Waals surface area contributed by atoms with Crippen LogP contribution in [0.25, 0.3) is 0 Å². The highest BCUT2D eigenvalue weighted by atomic mass is 79.9. The molecule has 0 saturated heterocycles. The summed E-state index contributed by atoms with van der Waals surface area (Å²) in [7, 11) is 0. The first kappa shape index (κ1) is 15.8. The Kier molecular flexibility index (Phi) is 5.58. The van der Waals surface area contributed by atoms with Gasteiger partial charge in [-0.25, -0.2) is 9.37 Å². The molecule has 7 heteroatoms. The van der Waals surface area contributed by atoms with E-state index in [1.54, 1.807) is 6.20 Å². The van der Waals surface area contributed by atoms with Gasteiger partial charge in [0, 0.05) is 17.2 Å². The van der Waals surface area contributed by atoms with Crippen LogP contribution in [0.3, 0.4) is 0 Å². The molecule has 0 unspecified atom stereocenters. The molecule has 0 spiro atoms. The number of hydrogen-bond donors (Lipinski definition) is 1. The lowest BCUT2D eigenvalue weighted by Gasteiger charge is -2.08. The van der Waals surface area contributed by atoms with Crippen molar-refractivity contribution in [1.82, 2.24) is 15.3 Å². The van der Waals surface area contributed by atoms with E-state index < -0.39 is 11.6 Å². The highest BCUT2D eigenvalue weighted by Gasteiger charge is 2.13. The van der Waals surface area contributed by atoms with Gasteiger partial charge in [-0.1, -0.05) is 22.9 Å². The van der Waals surface area contributed by atoms with Crippen molar-refractivity contribution in [3.05, 3.63) is 46.3 Å². The van der Waals surface area contributed by atoms with Gasteiger partial charge in [0.2, 0.25) is 11.7 Å². The molecule has 0 amide bonds. The van der Waals surface area contributed by atoms with Crippen molar-refractivity contribution in [1.29, 1.82) is 0 Å². The minimum Gasteiger partial charge on any atom is -0.434 e. The van der Waals surface area contributed by atoms with E-state index in [-0.39, 0.29) is 11.6 Å². The van der Waals surface area contributed by atoms with Crippen LogP contribution in [0.1, 0.15) is 19.0 Å². The summed E-state index contributed by atoms with van der Waals surface area (Å²) < 4.78 is 32.6. The normalized spacial score (nSPS) is 10.7. The van der Waals surface area contributed by atoms with Crippen molar-refractivity contribution in [2.45, 2.75) is 19.9 Å². The molecule has 0 aliphatic carbocycles. The van der Waals surface area contributed by atoms with Gasteiger partial charge in [-0.15, -0.1) is 0 Å². The van der Waals surface area contributed by atoms with Gasteiger partial charge in [-0.3, -0.25) is 4.98 Å². The Morgan fingerprint density at radius 1 is 1.29 bits per heavy atom. The lowest BCUT2D eigenvalue weighted by molar-refractivity contribution is 0.401. The molecule has 0 fully saturated rings. The number of nitrogens with one attached hydrogen (secondary N) is 1. The number of benzene rings is 1. The average molecular weight is 358 g/mol. The topological polar surface area (TPSA) is 47.0 Å². The Morgan fingerprint density at radius 3 is 2.86 bits per heavy atom. The van der Waals surface area contributed by atoms with Gasteiger partial charge in [-0.05, 0) is 25.1 Å². The Hall–Kier alpha value is -1.60. The number of halogens is 3. The summed E-state index contributed by atoms with van der Waals surface area (Å²) >= 11 is 3.08. The molecule has 2 rings (SSSR count).